The molecule has 2 N–H and O–H groups in total. The van der Waals surface area contributed by atoms with Crippen molar-refractivity contribution in [1.82, 2.24) is 0 Å². The molecule has 0 unspecified atom stereocenters. The van der Waals surface area contributed by atoms with E-state index in [4.69, 9.17) is 22.1 Å². The molecule has 4 heteroatoms. The quantitative estimate of drug-likeness (QED) is 0.823. The Balaban J connectivity index is 2.48. The van der Waals surface area contributed by atoms with E-state index in [2.05, 4.69) is 0 Å². The molecule has 1 aromatic rings. The number of nitrogens with two attached hydrogens (primary N) is 1. The lowest BCUT2D eigenvalue weighted by Gasteiger charge is -2.16. The number of carbonyl (C=O) groups is 1. The third-order valence-electron chi connectivity index (χ3n) is 2.80. The average Bonchev–Trinajstić information content (AvgIpc) is 2.34. The highest BCUT2D eigenvalue weighted by Crippen LogP contribution is 2.13. The Hall–Kier alpha value is -1.06. The lowest BCUT2D eigenvalue weighted by atomic mass is 10.0. The molecule has 1 rings (SSSR count). The van der Waals surface area contributed by atoms with Gasteiger partial charge in [0.15, 0.2) is 0 Å². The summed E-state index contributed by atoms with van der Waals surface area (Å²) in [6.07, 6.45) is 0.855. The number of ether oxygens (including phenoxy) is 1. The van der Waals surface area contributed by atoms with Crippen molar-refractivity contribution in [1.29, 1.82) is 0 Å². The van der Waals surface area contributed by atoms with E-state index in [1.54, 1.807) is 12.1 Å². The van der Waals surface area contributed by atoms with Gasteiger partial charge in [-0.15, -0.1) is 0 Å². The highest BCUT2D eigenvalue weighted by atomic mass is 35.5. The average molecular weight is 256 g/mol. The minimum atomic E-state index is -0.556. The zero-order valence-electron chi connectivity index (χ0n) is 10.2. The van der Waals surface area contributed by atoms with Crippen LogP contribution in [0, 0.1) is 5.92 Å². The first-order valence-corrected chi connectivity index (χ1v) is 6.09. The fourth-order valence-electron chi connectivity index (χ4n) is 1.36. The molecule has 0 radical (unpaired) electrons. The fraction of sp³-hybridized carbons (Fsp3) is 0.462. The first-order valence-electron chi connectivity index (χ1n) is 5.71. The smallest absolute Gasteiger partial charge is 0.323 e. The number of rotatable bonds is 5. The van der Waals surface area contributed by atoms with Gasteiger partial charge < -0.3 is 10.5 Å². The largest absolute Gasteiger partial charge is 0.460 e. The zero-order valence-corrected chi connectivity index (χ0v) is 10.9. The van der Waals surface area contributed by atoms with Crippen LogP contribution in [-0.2, 0) is 16.1 Å². The highest BCUT2D eigenvalue weighted by Gasteiger charge is 2.20. The van der Waals surface area contributed by atoms with Gasteiger partial charge in [0.05, 0.1) is 0 Å². The third-order valence-corrected chi connectivity index (χ3v) is 3.03. The Bertz CT molecular complexity index is 381. The molecule has 0 saturated heterocycles. The number of carbonyl (C=O) groups excluding carboxylic acids is 1. The van der Waals surface area contributed by atoms with Crippen molar-refractivity contribution in [3.8, 4) is 0 Å². The van der Waals surface area contributed by atoms with Crippen molar-refractivity contribution in [3.63, 3.8) is 0 Å². The minimum absolute atomic E-state index is 0.127. The summed E-state index contributed by atoms with van der Waals surface area (Å²) in [4.78, 5) is 11.6. The van der Waals surface area contributed by atoms with Gasteiger partial charge in [0, 0.05) is 5.02 Å². The summed E-state index contributed by atoms with van der Waals surface area (Å²) < 4.78 is 5.15. The second kappa shape index (κ2) is 6.62. The van der Waals surface area contributed by atoms with Crippen LogP contribution in [-0.4, -0.2) is 12.0 Å². The predicted molar refractivity (Wildman–Crippen MR) is 68.7 cm³/mol. The van der Waals surface area contributed by atoms with Crippen LogP contribution in [0.4, 0.5) is 0 Å². The number of hydrogen-bond acceptors (Lipinski definition) is 3. The molecule has 1 aromatic carbocycles. The van der Waals surface area contributed by atoms with E-state index in [0.717, 1.165) is 12.0 Å². The molecule has 0 amide bonds. The van der Waals surface area contributed by atoms with E-state index in [1.807, 2.05) is 26.0 Å². The summed E-state index contributed by atoms with van der Waals surface area (Å²) in [5.41, 5.74) is 6.63. The van der Waals surface area contributed by atoms with E-state index in [0.29, 0.717) is 5.02 Å². The van der Waals surface area contributed by atoms with Gasteiger partial charge in [-0.3, -0.25) is 4.79 Å². The number of benzene rings is 1. The molecular weight excluding hydrogens is 238 g/mol. The topological polar surface area (TPSA) is 52.3 Å². The highest BCUT2D eigenvalue weighted by molar-refractivity contribution is 6.30. The van der Waals surface area contributed by atoms with Gasteiger partial charge in [-0.05, 0) is 23.6 Å². The van der Waals surface area contributed by atoms with E-state index >= 15 is 0 Å². The normalized spacial score (nSPS) is 14.1. The van der Waals surface area contributed by atoms with Crippen LogP contribution in [0.25, 0.3) is 0 Å². The van der Waals surface area contributed by atoms with Crippen LogP contribution in [0.1, 0.15) is 25.8 Å². The van der Waals surface area contributed by atoms with Crippen LogP contribution < -0.4 is 5.73 Å². The van der Waals surface area contributed by atoms with E-state index in [-0.39, 0.29) is 18.5 Å². The number of hydrogen-bond donors (Lipinski definition) is 1. The van der Waals surface area contributed by atoms with Crippen molar-refractivity contribution in [2.45, 2.75) is 32.9 Å². The number of esters is 1. The monoisotopic (exact) mass is 255 g/mol. The molecule has 0 aliphatic heterocycles. The molecule has 3 nitrogen and oxygen atoms in total. The molecule has 17 heavy (non-hydrogen) atoms. The maximum Gasteiger partial charge on any atom is 0.323 e. The summed E-state index contributed by atoms with van der Waals surface area (Å²) >= 11 is 5.83. The van der Waals surface area contributed by atoms with Gasteiger partial charge in [-0.1, -0.05) is 44.0 Å². The standard InChI is InChI=1S/C13H18ClNO2/c1-3-9(2)12(15)13(16)17-8-10-5-4-6-11(14)7-10/h4-7,9,12H,3,8,15H2,1-2H3/t9-,12-/m0/s1. The lowest BCUT2D eigenvalue weighted by Crippen LogP contribution is -2.37. The Kier molecular flexibility index (Phi) is 5.45. The maximum atomic E-state index is 11.6. The molecule has 0 aliphatic rings. The third kappa shape index (κ3) is 4.36. The Morgan fingerprint density at radius 1 is 1.53 bits per heavy atom. The second-order valence-corrected chi connectivity index (χ2v) is 4.59. The molecule has 2 atom stereocenters. The molecule has 0 heterocycles. The van der Waals surface area contributed by atoms with E-state index in [9.17, 15) is 4.79 Å². The first kappa shape index (κ1) is 14.0. The summed E-state index contributed by atoms with van der Waals surface area (Å²) in [5.74, 6) is -0.235. The fourth-order valence-corrected chi connectivity index (χ4v) is 1.58. The summed E-state index contributed by atoms with van der Waals surface area (Å²) in [5, 5.41) is 0.629. The lowest BCUT2D eigenvalue weighted by molar-refractivity contribution is -0.147. The summed E-state index contributed by atoms with van der Waals surface area (Å²) in [6, 6.07) is 6.66. The van der Waals surface area contributed by atoms with Crippen molar-refractivity contribution < 1.29 is 9.53 Å². The minimum Gasteiger partial charge on any atom is -0.460 e. The zero-order chi connectivity index (χ0) is 12.8. The molecule has 94 valence electrons. The Morgan fingerprint density at radius 3 is 2.82 bits per heavy atom. The SMILES string of the molecule is CC[C@H](C)[C@H](N)C(=O)OCc1cccc(Cl)c1. The Labute approximate surface area is 107 Å². The molecule has 0 aromatic heterocycles. The van der Waals surface area contributed by atoms with Crippen molar-refractivity contribution in [2.24, 2.45) is 11.7 Å². The Morgan fingerprint density at radius 2 is 2.24 bits per heavy atom. The number of halogens is 1. The van der Waals surface area contributed by atoms with Gasteiger partial charge in [-0.25, -0.2) is 0 Å². The molecule has 0 saturated carbocycles. The van der Waals surface area contributed by atoms with Crippen LogP contribution in [0.3, 0.4) is 0 Å². The van der Waals surface area contributed by atoms with Crippen LogP contribution in [0.2, 0.25) is 5.02 Å². The first-order chi connectivity index (χ1) is 8.04. The molecule has 0 spiro atoms. The summed E-state index contributed by atoms with van der Waals surface area (Å²) in [6.45, 7) is 4.14. The van der Waals surface area contributed by atoms with Crippen LogP contribution >= 0.6 is 11.6 Å². The van der Waals surface area contributed by atoms with Gasteiger partial charge in [0.1, 0.15) is 12.6 Å². The van der Waals surface area contributed by atoms with Crippen molar-refractivity contribution in [2.75, 3.05) is 0 Å². The van der Waals surface area contributed by atoms with Crippen LogP contribution in [0.15, 0.2) is 24.3 Å². The second-order valence-electron chi connectivity index (χ2n) is 4.15. The predicted octanol–water partition coefficient (Wildman–Crippen LogP) is 2.76. The summed E-state index contributed by atoms with van der Waals surface area (Å²) in [7, 11) is 0. The maximum absolute atomic E-state index is 11.6. The van der Waals surface area contributed by atoms with Crippen LogP contribution in [0.5, 0.6) is 0 Å². The molecule has 0 fully saturated rings. The van der Waals surface area contributed by atoms with Gasteiger partial charge in [0.25, 0.3) is 0 Å². The van der Waals surface area contributed by atoms with Gasteiger partial charge in [-0.2, -0.15) is 0 Å². The van der Waals surface area contributed by atoms with Gasteiger partial charge >= 0.3 is 5.97 Å². The van der Waals surface area contributed by atoms with E-state index < -0.39 is 6.04 Å². The molecule has 0 aliphatic carbocycles. The van der Waals surface area contributed by atoms with Crippen molar-refractivity contribution in [3.05, 3.63) is 34.9 Å². The van der Waals surface area contributed by atoms with E-state index in [1.165, 1.54) is 0 Å². The molecular formula is C13H18ClNO2. The van der Waals surface area contributed by atoms with Gasteiger partial charge in [0.2, 0.25) is 0 Å². The van der Waals surface area contributed by atoms with Crippen molar-refractivity contribution >= 4 is 17.6 Å². The molecule has 0 bridgehead atoms.